The van der Waals surface area contributed by atoms with E-state index in [0.29, 0.717) is 5.56 Å². The van der Waals surface area contributed by atoms with E-state index < -0.39 is 12.6 Å². The first-order valence-corrected chi connectivity index (χ1v) is 10.5. The molecule has 0 spiro atoms. The predicted octanol–water partition coefficient (Wildman–Crippen LogP) is 3.67. The highest BCUT2D eigenvalue weighted by Crippen LogP contribution is 2.19. The summed E-state index contributed by atoms with van der Waals surface area (Å²) in [5.74, 6) is -0.677. The maximum Gasteiger partial charge on any atom is 0.251 e. The van der Waals surface area contributed by atoms with Gasteiger partial charge in [0, 0.05) is 11.6 Å². The van der Waals surface area contributed by atoms with Gasteiger partial charge in [-0.2, -0.15) is 0 Å². The van der Waals surface area contributed by atoms with E-state index in [-0.39, 0.29) is 17.9 Å². The number of rotatable bonds is 6. The average molecular weight is 395 g/mol. The lowest BCUT2D eigenvalue weighted by Gasteiger charge is -2.24. The van der Waals surface area contributed by atoms with Crippen molar-refractivity contribution in [2.24, 2.45) is 0 Å². The van der Waals surface area contributed by atoms with Gasteiger partial charge in [0.05, 0.1) is 6.61 Å². The van der Waals surface area contributed by atoms with E-state index in [1.165, 1.54) is 19.3 Å². The number of carbonyl (C=O) groups excluding carboxylic acids is 2. The van der Waals surface area contributed by atoms with E-state index in [1.807, 2.05) is 42.5 Å². The van der Waals surface area contributed by atoms with Crippen molar-refractivity contribution in [2.45, 2.75) is 57.0 Å². The van der Waals surface area contributed by atoms with Gasteiger partial charge in [-0.25, -0.2) is 0 Å². The van der Waals surface area contributed by atoms with Crippen LogP contribution < -0.4 is 10.6 Å². The number of benzene rings is 2. The van der Waals surface area contributed by atoms with Gasteiger partial charge in [-0.3, -0.25) is 9.59 Å². The first-order valence-electron chi connectivity index (χ1n) is 10.5. The fourth-order valence-electron chi connectivity index (χ4n) is 3.78. The van der Waals surface area contributed by atoms with Crippen LogP contribution in [0.3, 0.4) is 0 Å². The van der Waals surface area contributed by atoms with Crippen LogP contribution in [0.2, 0.25) is 0 Å². The summed E-state index contributed by atoms with van der Waals surface area (Å²) in [5.41, 5.74) is 2.55. The molecule has 1 aliphatic carbocycles. The molecule has 1 fully saturated rings. The Morgan fingerprint density at radius 2 is 1.45 bits per heavy atom. The quantitative estimate of drug-likeness (QED) is 0.699. The fraction of sp³-hybridized carbons (Fsp3) is 0.417. The lowest BCUT2D eigenvalue weighted by atomic mass is 9.96. The molecule has 0 unspecified atom stereocenters. The summed E-state index contributed by atoms with van der Waals surface area (Å²) in [6.07, 6.45) is 7.79. The highest BCUT2D eigenvalue weighted by atomic mass is 16.3. The number of carbonyl (C=O) groups is 2. The lowest BCUT2D eigenvalue weighted by molar-refractivity contribution is -0.124. The van der Waals surface area contributed by atoms with Crippen molar-refractivity contribution in [3.8, 4) is 11.1 Å². The monoisotopic (exact) mass is 394 g/mol. The standard InChI is InChI=1S/C24H30N2O3/c27-17-22(24(29)25-21-11-7-2-1-3-8-12-21)26-23(28)20-15-13-19(14-16-20)18-9-5-4-6-10-18/h4-6,9-10,13-16,21-22,27H,1-3,7-8,11-12,17H2,(H,25,29)(H,26,28)/t22-/m0/s1. The zero-order valence-electron chi connectivity index (χ0n) is 16.8. The third kappa shape index (κ3) is 6.16. The molecule has 2 amide bonds. The Morgan fingerprint density at radius 1 is 0.862 bits per heavy atom. The summed E-state index contributed by atoms with van der Waals surface area (Å²) < 4.78 is 0. The summed E-state index contributed by atoms with van der Waals surface area (Å²) in [6, 6.07) is 16.3. The molecule has 2 aromatic carbocycles. The number of nitrogens with one attached hydrogen (secondary N) is 2. The van der Waals surface area contributed by atoms with Crippen LogP contribution in [0, 0.1) is 0 Å². The van der Waals surface area contributed by atoms with Crippen LogP contribution in [0.25, 0.3) is 11.1 Å². The van der Waals surface area contributed by atoms with Crippen molar-refractivity contribution in [1.29, 1.82) is 0 Å². The Hall–Kier alpha value is -2.66. The molecule has 1 atom stereocenters. The van der Waals surface area contributed by atoms with Gasteiger partial charge >= 0.3 is 0 Å². The highest BCUT2D eigenvalue weighted by molar-refractivity contribution is 5.98. The molecule has 0 aromatic heterocycles. The van der Waals surface area contributed by atoms with Gasteiger partial charge in [-0.1, -0.05) is 74.6 Å². The predicted molar refractivity (Wildman–Crippen MR) is 114 cm³/mol. The van der Waals surface area contributed by atoms with Gasteiger partial charge in [0.2, 0.25) is 5.91 Å². The molecule has 154 valence electrons. The van der Waals surface area contributed by atoms with Crippen molar-refractivity contribution in [3.05, 3.63) is 60.2 Å². The maximum absolute atomic E-state index is 12.6. The number of hydrogen-bond donors (Lipinski definition) is 3. The Morgan fingerprint density at radius 3 is 2.07 bits per heavy atom. The summed E-state index contributed by atoms with van der Waals surface area (Å²) in [6.45, 7) is -0.424. The minimum absolute atomic E-state index is 0.124. The SMILES string of the molecule is O=C(N[C@@H](CO)C(=O)NC1CCCCCCC1)c1ccc(-c2ccccc2)cc1. The molecule has 2 aromatic rings. The Bertz CT molecular complexity index is 782. The highest BCUT2D eigenvalue weighted by Gasteiger charge is 2.23. The van der Waals surface area contributed by atoms with Crippen LogP contribution in [0.4, 0.5) is 0 Å². The van der Waals surface area contributed by atoms with E-state index in [9.17, 15) is 14.7 Å². The van der Waals surface area contributed by atoms with Crippen molar-refractivity contribution < 1.29 is 14.7 Å². The third-order valence-corrected chi connectivity index (χ3v) is 5.51. The summed E-state index contributed by atoms with van der Waals surface area (Å²) in [7, 11) is 0. The maximum atomic E-state index is 12.6. The van der Waals surface area contributed by atoms with Crippen molar-refractivity contribution in [3.63, 3.8) is 0 Å². The molecule has 0 bridgehead atoms. The molecule has 1 saturated carbocycles. The smallest absolute Gasteiger partial charge is 0.251 e. The molecule has 0 radical (unpaired) electrons. The van der Waals surface area contributed by atoms with E-state index in [0.717, 1.165) is 36.8 Å². The van der Waals surface area contributed by atoms with Gasteiger partial charge < -0.3 is 15.7 Å². The molecule has 0 heterocycles. The summed E-state index contributed by atoms with van der Waals surface area (Å²) in [4.78, 5) is 25.1. The minimum atomic E-state index is -0.943. The van der Waals surface area contributed by atoms with Crippen LogP contribution in [-0.2, 0) is 4.79 Å². The molecular weight excluding hydrogens is 364 g/mol. The van der Waals surface area contributed by atoms with E-state index in [1.54, 1.807) is 12.1 Å². The molecule has 5 nitrogen and oxygen atoms in total. The number of hydrogen-bond acceptors (Lipinski definition) is 3. The van der Waals surface area contributed by atoms with Gasteiger partial charge in [0.15, 0.2) is 0 Å². The summed E-state index contributed by atoms with van der Waals surface area (Å²) in [5, 5.41) is 15.3. The van der Waals surface area contributed by atoms with Crippen LogP contribution >= 0.6 is 0 Å². The molecule has 0 saturated heterocycles. The molecule has 3 N–H and O–H groups in total. The zero-order valence-corrected chi connectivity index (χ0v) is 16.8. The van der Waals surface area contributed by atoms with Crippen LogP contribution in [0.1, 0.15) is 55.3 Å². The number of aliphatic hydroxyl groups is 1. The second kappa shape index (κ2) is 10.8. The topological polar surface area (TPSA) is 78.4 Å². The Kier molecular flexibility index (Phi) is 7.82. The lowest BCUT2D eigenvalue weighted by Crippen LogP contribution is -2.51. The van der Waals surface area contributed by atoms with Crippen molar-refractivity contribution in [2.75, 3.05) is 6.61 Å². The zero-order chi connectivity index (χ0) is 20.5. The first kappa shape index (κ1) is 21.1. The van der Waals surface area contributed by atoms with Gasteiger partial charge in [-0.05, 0) is 36.1 Å². The molecule has 29 heavy (non-hydrogen) atoms. The Labute approximate surface area is 172 Å². The van der Waals surface area contributed by atoms with Gasteiger partial charge in [0.1, 0.15) is 6.04 Å². The normalized spacial score (nSPS) is 16.3. The first-order chi connectivity index (χ1) is 14.2. The van der Waals surface area contributed by atoms with E-state index in [4.69, 9.17) is 0 Å². The second-order valence-electron chi connectivity index (χ2n) is 7.70. The Balaban J connectivity index is 1.57. The average Bonchev–Trinajstić information content (AvgIpc) is 2.74. The fourth-order valence-corrected chi connectivity index (χ4v) is 3.78. The molecule has 0 aliphatic heterocycles. The number of aliphatic hydroxyl groups excluding tert-OH is 1. The largest absolute Gasteiger partial charge is 0.394 e. The number of amides is 2. The van der Waals surface area contributed by atoms with Crippen LogP contribution in [0.5, 0.6) is 0 Å². The van der Waals surface area contributed by atoms with Crippen molar-refractivity contribution in [1.82, 2.24) is 10.6 Å². The van der Waals surface area contributed by atoms with Gasteiger partial charge in [-0.15, -0.1) is 0 Å². The van der Waals surface area contributed by atoms with E-state index in [2.05, 4.69) is 10.6 Å². The summed E-state index contributed by atoms with van der Waals surface area (Å²) >= 11 is 0. The molecule has 3 rings (SSSR count). The van der Waals surface area contributed by atoms with E-state index >= 15 is 0 Å². The third-order valence-electron chi connectivity index (χ3n) is 5.51. The van der Waals surface area contributed by atoms with Crippen LogP contribution in [0.15, 0.2) is 54.6 Å². The van der Waals surface area contributed by atoms with Crippen LogP contribution in [-0.4, -0.2) is 35.6 Å². The molecular formula is C24H30N2O3. The van der Waals surface area contributed by atoms with Gasteiger partial charge in [0.25, 0.3) is 5.91 Å². The minimum Gasteiger partial charge on any atom is -0.394 e. The van der Waals surface area contributed by atoms with Crippen molar-refractivity contribution >= 4 is 11.8 Å². The molecule has 5 heteroatoms. The molecule has 1 aliphatic rings. The second-order valence-corrected chi connectivity index (χ2v) is 7.70.